The fraction of sp³-hybridized carbons (Fsp3) is 0.263. The van der Waals surface area contributed by atoms with Crippen molar-refractivity contribution >= 4 is 29.2 Å². The zero-order valence-electron chi connectivity index (χ0n) is 14.9. The molecule has 0 saturated heterocycles. The number of amides is 1. The number of methoxy groups -OCH3 is 2. The number of esters is 1. The molecule has 0 spiro atoms. The smallest absolute Gasteiger partial charge is 0.306 e. The van der Waals surface area contributed by atoms with Crippen LogP contribution in [0.25, 0.3) is 0 Å². The van der Waals surface area contributed by atoms with Crippen molar-refractivity contribution in [1.29, 1.82) is 0 Å². The van der Waals surface area contributed by atoms with E-state index in [1.165, 1.54) is 13.2 Å². The third kappa shape index (κ3) is 6.14. The van der Waals surface area contributed by atoms with Crippen LogP contribution >= 0.6 is 11.6 Å². The second-order valence-electron chi connectivity index (χ2n) is 5.52. The molecule has 0 unspecified atom stereocenters. The van der Waals surface area contributed by atoms with Crippen LogP contribution in [0.2, 0.25) is 5.02 Å². The first kappa shape index (κ1) is 20.5. The molecule has 0 radical (unpaired) electrons. The Labute approximate surface area is 161 Å². The predicted molar refractivity (Wildman–Crippen MR) is 98.9 cm³/mol. The maximum Gasteiger partial charge on any atom is 0.306 e. The van der Waals surface area contributed by atoms with E-state index in [9.17, 15) is 14.0 Å². The fourth-order valence-corrected chi connectivity index (χ4v) is 2.49. The molecule has 0 atom stereocenters. The highest BCUT2D eigenvalue weighted by Gasteiger charge is 2.11. The summed E-state index contributed by atoms with van der Waals surface area (Å²) >= 11 is 5.82. The largest absolute Gasteiger partial charge is 0.493 e. The number of carbonyl (C=O) groups excluding carboxylic acids is 2. The molecular formula is C19H19ClFNO5. The van der Waals surface area contributed by atoms with Gasteiger partial charge in [-0.1, -0.05) is 17.7 Å². The molecule has 0 aliphatic carbocycles. The van der Waals surface area contributed by atoms with E-state index in [0.29, 0.717) is 17.9 Å². The first-order valence-electron chi connectivity index (χ1n) is 8.04. The highest BCUT2D eigenvalue weighted by Crippen LogP contribution is 2.28. The molecule has 0 heterocycles. The molecule has 1 amide bonds. The summed E-state index contributed by atoms with van der Waals surface area (Å²) in [6.07, 6.45) is 0.519. The van der Waals surface area contributed by atoms with Crippen molar-refractivity contribution in [3.8, 4) is 11.5 Å². The van der Waals surface area contributed by atoms with Gasteiger partial charge in [0.2, 0.25) is 0 Å². The molecule has 6 nitrogen and oxygen atoms in total. The zero-order valence-corrected chi connectivity index (χ0v) is 15.6. The lowest BCUT2D eigenvalue weighted by Gasteiger charge is -2.10. The number of aryl methyl sites for hydroxylation is 1. The molecule has 0 bridgehead atoms. The van der Waals surface area contributed by atoms with Gasteiger partial charge >= 0.3 is 5.97 Å². The average Bonchev–Trinajstić information content (AvgIpc) is 2.66. The van der Waals surface area contributed by atoms with Gasteiger partial charge in [0.15, 0.2) is 18.1 Å². The van der Waals surface area contributed by atoms with Crippen LogP contribution in [0.1, 0.15) is 12.0 Å². The van der Waals surface area contributed by atoms with Crippen molar-refractivity contribution in [3.63, 3.8) is 0 Å². The monoisotopic (exact) mass is 395 g/mol. The topological polar surface area (TPSA) is 73.9 Å². The number of nitrogens with one attached hydrogen (secondary N) is 1. The van der Waals surface area contributed by atoms with Crippen LogP contribution in [0.3, 0.4) is 0 Å². The van der Waals surface area contributed by atoms with E-state index in [-0.39, 0.29) is 17.1 Å². The van der Waals surface area contributed by atoms with Crippen LogP contribution in [0.4, 0.5) is 10.1 Å². The predicted octanol–water partition coefficient (Wildman–Crippen LogP) is 3.61. The van der Waals surface area contributed by atoms with E-state index >= 15 is 0 Å². The van der Waals surface area contributed by atoms with Crippen molar-refractivity contribution in [2.24, 2.45) is 0 Å². The minimum Gasteiger partial charge on any atom is -0.493 e. The lowest BCUT2D eigenvalue weighted by Crippen LogP contribution is -2.21. The Morgan fingerprint density at radius 2 is 1.81 bits per heavy atom. The summed E-state index contributed by atoms with van der Waals surface area (Å²) in [5, 5.41) is 2.51. The van der Waals surface area contributed by atoms with Crippen LogP contribution in [-0.4, -0.2) is 32.7 Å². The molecule has 2 aromatic rings. The molecule has 1 N–H and O–H groups in total. The Bertz CT molecular complexity index is 828. The minimum absolute atomic E-state index is 0.0585. The van der Waals surface area contributed by atoms with Gasteiger partial charge in [0.25, 0.3) is 5.91 Å². The normalized spacial score (nSPS) is 10.2. The quantitative estimate of drug-likeness (QED) is 0.691. The summed E-state index contributed by atoms with van der Waals surface area (Å²) in [4.78, 5) is 23.6. The fourth-order valence-electron chi connectivity index (χ4n) is 2.28. The molecule has 27 heavy (non-hydrogen) atoms. The number of ether oxygens (including phenoxy) is 3. The molecular weight excluding hydrogens is 377 g/mol. The Kier molecular flexibility index (Phi) is 7.43. The molecule has 8 heteroatoms. The van der Waals surface area contributed by atoms with Gasteiger partial charge in [0, 0.05) is 6.42 Å². The number of benzene rings is 2. The standard InChI is InChI=1S/C19H19ClFNO5/c1-25-16-7-3-12(9-17(16)26-2)4-8-19(24)27-11-18(23)22-15-6-5-13(21)10-14(15)20/h3,5-7,9-10H,4,8,11H2,1-2H3,(H,22,23). The summed E-state index contributed by atoms with van der Waals surface area (Å²) in [6, 6.07) is 8.91. The number of anilines is 1. The van der Waals surface area contributed by atoms with Crippen molar-refractivity contribution in [1.82, 2.24) is 0 Å². The molecule has 144 valence electrons. The van der Waals surface area contributed by atoms with E-state index in [0.717, 1.165) is 17.7 Å². The Morgan fingerprint density at radius 1 is 1.07 bits per heavy atom. The molecule has 0 fully saturated rings. The molecule has 2 aromatic carbocycles. The van der Waals surface area contributed by atoms with E-state index in [1.54, 1.807) is 19.2 Å². The number of hydrogen-bond acceptors (Lipinski definition) is 5. The van der Waals surface area contributed by atoms with E-state index in [1.807, 2.05) is 6.07 Å². The van der Waals surface area contributed by atoms with E-state index < -0.39 is 24.3 Å². The number of rotatable bonds is 8. The van der Waals surface area contributed by atoms with Gasteiger partial charge in [0.05, 0.1) is 24.9 Å². The van der Waals surface area contributed by atoms with Gasteiger partial charge in [-0.05, 0) is 42.3 Å². The van der Waals surface area contributed by atoms with Crippen molar-refractivity contribution < 1.29 is 28.2 Å². The van der Waals surface area contributed by atoms with Gasteiger partial charge in [-0.25, -0.2) is 4.39 Å². The second kappa shape index (κ2) is 9.78. The van der Waals surface area contributed by atoms with Crippen LogP contribution in [0.15, 0.2) is 36.4 Å². The third-order valence-electron chi connectivity index (χ3n) is 3.64. The van der Waals surface area contributed by atoms with Crippen LogP contribution in [-0.2, 0) is 20.7 Å². The van der Waals surface area contributed by atoms with E-state index in [2.05, 4.69) is 5.32 Å². The van der Waals surface area contributed by atoms with Gasteiger partial charge < -0.3 is 19.5 Å². The Morgan fingerprint density at radius 3 is 2.48 bits per heavy atom. The highest BCUT2D eigenvalue weighted by molar-refractivity contribution is 6.33. The maximum atomic E-state index is 13.0. The lowest BCUT2D eigenvalue weighted by molar-refractivity contribution is -0.147. The highest BCUT2D eigenvalue weighted by atomic mass is 35.5. The minimum atomic E-state index is -0.567. The van der Waals surface area contributed by atoms with Crippen LogP contribution in [0, 0.1) is 5.82 Å². The van der Waals surface area contributed by atoms with E-state index in [4.69, 9.17) is 25.8 Å². The van der Waals surface area contributed by atoms with Crippen LogP contribution in [0.5, 0.6) is 11.5 Å². The zero-order chi connectivity index (χ0) is 19.8. The summed E-state index contributed by atoms with van der Waals surface area (Å²) in [7, 11) is 3.07. The number of hydrogen-bond donors (Lipinski definition) is 1. The molecule has 0 saturated carbocycles. The van der Waals surface area contributed by atoms with Crippen molar-refractivity contribution in [2.45, 2.75) is 12.8 Å². The third-order valence-corrected chi connectivity index (χ3v) is 3.95. The molecule has 0 aliphatic rings. The first-order valence-corrected chi connectivity index (χ1v) is 8.42. The van der Waals surface area contributed by atoms with Gasteiger partial charge in [-0.15, -0.1) is 0 Å². The number of carbonyl (C=O) groups is 2. The van der Waals surface area contributed by atoms with Gasteiger partial charge in [-0.2, -0.15) is 0 Å². The number of halogens is 2. The Balaban J connectivity index is 1.79. The molecule has 2 rings (SSSR count). The SMILES string of the molecule is COc1ccc(CCC(=O)OCC(=O)Nc2ccc(F)cc2Cl)cc1OC. The maximum absolute atomic E-state index is 13.0. The van der Waals surface area contributed by atoms with Gasteiger partial charge in [0.1, 0.15) is 5.82 Å². The summed E-state index contributed by atoms with van der Waals surface area (Å²) in [6.45, 7) is -0.460. The lowest BCUT2D eigenvalue weighted by atomic mass is 10.1. The molecule has 0 aromatic heterocycles. The summed E-state index contributed by atoms with van der Waals surface area (Å²) in [5.41, 5.74) is 1.11. The van der Waals surface area contributed by atoms with Crippen molar-refractivity contribution in [2.75, 3.05) is 26.1 Å². The second-order valence-corrected chi connectivity index (χ2v) is 5.93. The summed E-state index contributed by atoms with van der Waals surface area (Å²) in [5.74, 6) is -0.438. The van der Waals surface area contributed by atoms with Gasteiger partial charge in [-0.3, -0.25) is 9.59 Å². The first-order chi connectivity index (χ1) is 12.9. The average molecular weight is 396 g/mol. The summed E-state index contributed by atoms with van der Waals surface area (Å²) < 4.78 is 28.3. The molecule has 0 aliphatic heterocycles. The van der Waals surface area contributed by atoms with Crippen molar-refractivity contribution in [3.05, 3.63) is 52.8 Å². The Hall–Kier alpha value is -2.80. The van der Waals surface area contributed by atoms with Crippen LogP contribution < -0.4 is 14.8 Å².